The zero-order chi connectivity index (χ0) is 15.8. The van der Waals surface area contributed by atoms with Gasteiger partial charge in [-0.1, -0.05) is 13.8 Å². The zero-order valence-electron chi connectivity index (χ0n) is 13.7. The molecule has 2 aromatic rings. The average molecular weight is 307 g/mol. The van der Waals surface area contributed by atoms with E-state index in [1.54, 1.807) is 14.2 Å². The number of hydrogen-bond donors (Lipinski definition) is 1. The average Bonchev–Trinajstić information content (AvgIpc) is 2.92. The zero-order valence-corrected chi connectivity index (χ0v) is 14.6. The Morgan fingerprint density at radius 2 is 1.76 bits per heavy atom. The van der Waals surface area contributed by atoms with Gasteiger partial charge in [0.2, 0.25) is 0 Å². The van der Waals surface area contributed by atoms with Crippen molar-refractivity contribution < 1.29 is 9.47 Å². The highest BCUT2D eigenvalue weighted by Crippen LogP contribution is 2.34. The summed E-state index contributed by atoms with van der Waals surface area (Å²) in [6.07, 6.45) is 0. The van der Waals surface area contributed by atoms with Crippen LogP contribution >= 0.6 is 11.3 Å². The fourth-order valence-corrected chi connectivity index (χ4v) is 2.86. The molecular weight excluding hydrogens is 282 g/mol. The van der Waals surface area contributed by atoms with E-state index in [1.807, 2.05) is 38.2 Å². The maximum atomic E-state index is 5.35. The van der Waals surface area contributed by atoms with Crippen molar-refractivity contribution in [3.63, 3.8) is 0 Å². The van der Waals surface area contributed by atoms with Crippen molar-refractivity contribution in [3.8, 4) is 11.5 Å². The topological polar surface area (TPSA) is 30.5 Å². The number of ether oxygens (including phenoxy) is 2. The predicted molar refractivity (Wildman–Crippen MR) is 92.0 cm³/mol. The summed E-state index contributed by atoms with van der Waals surface area (Å²) >= 11 is 1.81. The molecule has 1 heterocycles. The fourth-order valence-electron chi connectivity index (χ4n) is 2.03. The third-order valence-electron chi connectivity index (χ3n) is 2.93. The molecule has 0 radical (unpaired) electrons. The number of rotatable bonds is 5. The van der Waals surface area contributed by atoms with Gasteiger partial charge in [0.1, 0.15) is 0 Å². The number of nitrogens with one attached hydrogen (secondary N) is 1. The van der Waals surface area contributed by atoms with Crippen LogP contribution in [0.15, 0.2) is 24.3 Å². The van der Waals surface area contributed by atoms with Crippen LogP contribution in [-0.4, -0.2) is 14.2 Å². The largest absolute Gasteiger partial charge is 0.493 e. The van der Waals surface area contributed by atoms with Crippen molar-refractivity contribution in [2.75, 3.05) is 19.5 Å². The Kier molecular flexibility index (Phi) is 7.09. The van der Waals surface area contributed by atoms with Crippen molar-refractivity contribution in [1.82, 2.24) is 0 Å². The Morgan fingerprint density at radius 3 is 2.29 bits per heavy atom. The summed E-state index contributed by atoms with van der Waals surface area (Å²) in [4.78, 5) is 2.66. The molecule has 0 saturated carbocycles. The van der Waals surface area contributed by atoms with Gasteiger partial charge in [-0.05, 0) is 37.6 Å². The molecule has 0 aliphatic heterocycles. The summed E-state index contributed by atoms with van der Waals surface area (Å²) in [5, 5.41) is 3.42. The van der Waals surface area contributed by atoms with Gasteiger partial charge in [0.05, 0.1) is 14.2 Å². The van der Waals surface area contributed by atoms with Crippen LogP contribution in [0.2, 0.25) is 0 Å². The van der Waals surface area contributed by atoms with Gasteiger partial charge in [-0.25, -0.2) is 0 Å². The molecule has 4 heteroatoms. The van der Waals surface area contributed by atoms with Crippen LogP contribution in [0.5, 0.6) is 11.5 Å². The molecule has 1 aromatic carbocycles. The van der Waals surface area contributed by atoms with Crippen LogP contribution < -0.4 is 14.8 Å². The molecule has 0 amide bonds. The predicted octanol–water partition coefficient (Wildman–Crippen LogP) is 5.02. The number of hydrogen-bond acceptors (Lipinski definition) is 4. The smallest absolute Gasteiger partial charge is 0.163 e. The van der Waals surface area contributed by atoms with Gasteiger partial charge in [0.15, 0.2) is 11.5 Å². The Hall–Kier alpha value is -1.68. The minimum Gasteiger partial charge on any atom is -0.493 e. The maximum absolute atomic E-state index is 5.35. The van der Waals surface area contributed by atoms with Crippen LogP contribution in [-0.2, 0) is 6.54 Å². The minimum atomic E-state index is 0.757. The summed E-state index contributed by atoms with van der Waals surface area (Å²) in [5.74, 6) is 1.55. The van der Waals surface area contributed by atoms with Crippen LogP contribution in [0.3, 0.4) is 0 Å². The molecule has 0 bridgehead atoms. The third-order valence-corrected chi connectivity index (χ3v) is 3.93. The number of thiophene rings is 1. The first-order valence-corrected chi connectivity index (χ1v) is 7.97. The normalized spacial score (nSPS) is 9.62. The Labute approximate surface area is 131 Å². The van der Waals surface area contributed by atoms with E-state index < -0.39 is 0 Å². The molecule has 0 saturated heterocycles. The first-order chi connectivity index (χ1) is 10.1. The molecule has 2 rings (SSSR count). The second kappa shape index (κ2) is 8.57. The third kappa shape index (κ3) is 4.67. The van der Waals surface area contributed by atoms with Gasteiger partial charge in [0.25, 0.3) is 0 Å². The van der Waals surface area contributed by atoms with Gasteiger partial charge in [-0.15, -0.1) is 11.3 Å². The summed E-state index contributed by atoms with van der Waals surface area (Å²) in [6.45, 7) is 8.96. The lowest BCUT2D eigenvalue weighted by atomic mass is 10.2. The van der Waals surface area contributed by atoms with E-state index in [4.69, 9.17) is 9.47 Å². The van der Waals surface area contributed by atoms with Crippen molar-refractivity contribution in [1.29, 1.82) is 0 Å². The van der Waals surface area contributed by atoms with Gasteiger partial charge in [0, 0.05) is 28.1 Å². The molecule has 0 atom stereocenters. The number of methoxy groups -OCH3 is 2. The van der Waals surface area contributed by atoms with Crippen molar-refractivity contribution >= 4 is 17.0 Å². The fraction of sp³-hybridized carbons (Fsp3) is 0.412. The van der Waals surface area contributed by atoms with Crippen LogP contribution in [0.25, 0.3) is 0 Å². The lowest BCUT2D eigenvalue weighted by Crippen LogP contribution is -2.00. The molecule has 116 valence electrons. The van der Waals surface area contributed by atoms with Gasteiger partial charge < -0.3 is 14.8 Å². The molecule has 3 nitrogen and oxygen atoms in total. The maximum Gasteiger partial charge on any atom is 0.163 e. The quantitative estimate of drug-likeness (QED) is 0.841. The molecular formula is C17H25NO2S. The van der Waals surface area contributed by atoms with Gasteiger partial charge in [-0.2, -0.15) is 0 Å². The first-order valence-electron chi connectivity index (χ1n) is 7.16. The lowest BCUT2D eigenvalue weighted by molar-refractivity contribution is 0.353. The minimum absolute atomic E-state index is 0.757. The first kappa shape index (κ1) is 17.4. The van der Waals surface area contributed by atoms with Crippen LogP contribution in [0.1, 0.15) is 29.2 Å². The molecule has 21 heavy (non-hydrogen) atoms. The van der Waals surface area contributed by atoms with Crippen molar-refractivity contribution in [3.05, 3.63) is 39.6 Å². The Balaban J connectivity index is 0.00000106. The van der Waals surface area contributed by atoms with E-state index in [9.17, 15) is 0 Å². The molecule has 1 N–H and O–H groups in total. The van der Waals surface area contributed by atoms with Gasteiger partial charge >= 0.3 is 0 Å². The molecule has 0 aliphatic rings. The lowest BCUT2D eigenvalue weighted by Gasteiger charge is -2.13. The molecule has 0 spiro atoms. The molecule has 0 fully saturated rings. The Morgan fingerprint density at radius 1 is 1.05 bits per heavy atom. The number of aryl methyl sites for hydroxylation is 2. The molecule has 0 unspecified atom stereocenters. The van der Waals surface area contributed by atoms with E-state index in [0.717, 1.165) is 29.3 Å². The summed E-state index contributed by atoms with van der Waals surface area (Å²) in [6, 6.07) is 8.33. The summed E-state index contributed by atoms with van der Waals surface area (Å²) in [7, 11) is 3.32. The van der Waals surface area contributed by atoms with E-state index in [1.165, 1.54) is 9.75 Å². The monoisotopic (exact) mass is 307 g/mol. The summed E-state index contributed by atoms with van der Waals surface area (Å²) < 4.78 is 10.7. The van der Waals surface area contributed by atoms with E-state index in [-0.39, 0.29) is 0 Å². The number of benzene rings is 1. The molecule has 0 aliphatic carbocycles. The molecule has 1 aromatic heterocycles. The highest BCUT2D eigenvalue weighted by atomic mass is 32.1. The van der Waals surface area contributed by atoms with E-state index in [2.05, 4.69) is 30.4 Å². The van der Waals surface area contributed by atoms with Gasteiger partial charge in [-0.3, -0.25) is 0 Å². The second-order valence-electron chi connectivity index (χ2n) is 4.39. The standard InChI is InChI=1S/C15H19NO2S.C2H6/c1-10-7-12(8-14(17-3)15(10)18-4)16-9-13-6-5-11(2)19-13;1-2/h5-8,16H,9H2,1-4H3;1-2H3. The van der Waals surface area contributed by atoms with Crippen molar-refractivity contribution in [2.45, 2.75) is 34.2 Å². The summed E-state index contributed by atoms with van der Waals surface area (Å²) in [5.41, 5.74) is 2.10. The Bertz CT molecular complexity index is 564. The van der Waals surface area contributed by atoms with E-state index in [0.29, 0.717) is 0 Å². The van der Waals surface area contributed by atoms with Crippen LogP contribution in [0, 0.1) is 13.8 Å². The van der Waals surface area contributed by atoms with E-state index >= 15 is 0 Å². The highest BCUT2D eigenvalue weighted by molar-refractivity contribution is 7.11. The second-order valence-corrected chi connectivity index (χ2v) is 5.77. The van der Waals surface area contributed by atoms with Crippen molar-refractivity contribution in [2.24, 2.45) is 0 Å². The SMILES string of the molecule is CC.COc1cc(NCc2ccc(C)s2)cc(C)c1OC. The highest BCUT2D eigenvalue weighted by Gasteiger charge is 2.09. The van der Waals surface area contributed by atoms with Crippen LogP contribution in [0.4, 0.5) is 5.69 Å². The number of anilines is 1.